The molecule has 0 bridgehead atoms. The van der Waals surface area contributed by atoms with Gasteiger partial charge in [-0.25, -0.2) is 0 Å². The van der Waals surface area contributed by atoms with Crippen molar-refractivity contribution in [1.82, 2.24) is 14.8 Å². The van der Waals surface area contributed by atoms with Gasteiger partial charge in [0.15, 0.2) is 11.0 Å². The summed E-state index contributed by atoms with van der Waals surface area (Å²) in [6.45, 7) is 2.66. The highest BCUT2D eigenvalue weighted by atomic mass is 32.2. The monoisotopic (exact) mass is 277 g/mol. The molecule has 1 aromatic heterocycles. The van der Waals surface area contributed by atoms with E-state index >= 15 is 0 Å². The van der Waals surface area contributed by atoms with Crippen LogP contribution in [0.5, 0.6) is 0 Å². The first-order valence-corrected chi connectivity index (χ1v) is 7.46. The number of benzene rings is 1. The highest BCUT2D eigenvalue weighted by Gasteiger charge is 2.13. The van der Waals surface area contributed by atoms with Crippen LogP contribution in [0.1, 0.15) is 25.6 Å². The van der Waals surface area contributed by atoms with Crippen molar-refractivity contribution in [2.24, 2.45) is 0 Å². The molecule has 0 saturated carbocycles. The number of hydrogen-bond acceptors (Lipinski definition) is 4. The van der Waals surface area contributed by atoms with Crippen LogP contribution >= 0.6 is 11.8 Å². The van der Waals surface area contributed by atoms with Crippen LogP contribution in [0, 0.1) is 0 Å². The molecule has 0 atom stereocenters. The minimum atomic E-state index is 0.468. The van der Waals surface area contributed by atoms with Crippen LogP contribution in [-0.2, 0) is 11.3 Å². The molecule has 1 aromatic carbocycles. The number of para-hydroxylation sites is 1. The van der Waals surface area contributed by atoms with E-state index in [-0.39, 0.29) is 0 Å². The van der Waals surface area contributed by atoms with Crippen molar-refractivity contribution in [2.45, 2.75) is 31.5 Å². The Kier molecular flexibility index (Phi) is 5.42. The molecule has 0 N–H and O–H groups in total. The summed E-state index contributed by atoms with van der Waals surface area (Å²) >= 11 is 1.75. The first-order valence-electron chi connectivity index (χ1n) is 6.48. The summed E-state index contributed by atoms with van der Waals surface area (Å²) in [4.78, 5) is 0. The Balaban J connectivity index is 2.28. The molecular weight excluding hydrogens is 258 g/mol. The third kappa shape index (κ3) is 3.58. The predicted octanol–water partition coefficient (Wildman–Crippen LogP) is 3.31. The van der Waals surface area contributed by atoms with Crippen molar-refractivity contribution in [2.75, 3.05) is 12.9 Å². The van der Waals surface area contributed by atoms with E-state index in [1.54, 1.807) is 18.9 Å². The van der Waals surface area contributed by atoms with Gasteiger partial charge in [0, 0.05) is 18.6 Å². The summed E-state index contributed by atoms with van der Waals surface area (Å²) in [6, 6.07) is 10.2. The Morgan fingerprint density at radius 1 is 1.21 bits per heavy atom. The van der Waals surface area contributed by atoms with E-state index in [0.29, 0.717) is 6.61 Å². The maximum absolute atomic E-state index is 5.20. The highest BCUT2D eigenvalue weighted by molar-refractivity contribution is 7.99. The summed E-state index contributed by atoms with van der Waals surface area (Å²) in [5, 5.41) is 9.44. The molecule has 0 unspecified atom stereocenters. The normalized spacial score (nSPS) is 10.8. The van der Waals surface area contributed by atoms with E-state index in [1.165, 1.54) is 12.8 Å². The zero-order valence-electron chi connectivity index (χ0n) is 11.4. The molecule has 0 amide bonds. The van der Waals surface area contributed by atoms with Gasteiger partial charge in [-0.2, -0.15) is 0 Å². The lowest BCUT2D eigenvalue weighted by Gasteiger charge is -2.09. The maximum Gasteiger partial charge on any atom is 0.195 e. The van der Waals surface area contributed by atoms with Gasteiger partial charge in [0.05, 0.1) is 0 Å². The van der Waals surface area contributed by atoms with Gasteiger partial charge in [0.2, 0.25) is 0 Å². The zero-order chi connectivity index (χ0) is 13.5. The number of nitrogens with zero attached hydrogens (tertiary/aromatic N) is 3. The van der Waals surface area contributed by atoms with Gasteiger partial charge in [0.1, 0.15) is 6.61 Å². The van der Waals surface area contributed by atoms with E-state index in [9.17, 15) is 0 Å². The van der Waals surface area contributed by atoms with Crippen LogP contribution in [0.4, 0.5) is 0 Å². The molecule has 0 radical (unpaired) electrons. The number of unbranched alkanes of at least 4 members (excludes halogenated alkanes) is 1. The van der Waals surface area contributed by atoms with Crippen LogP contribution in [0.3, 0.4) is 0 Å². The number of aromatic nitrogens is 3. The standard InChI is InChI=1S/C14H19N3OS/c1-3-4-10-19-14-16-15-13(11-18-2)17(14)12-8-6-5-7-9-12/h5-9H,3-4,10-11H2,1-2H3. The Bertz CT molecular complexity index is 499. The Morgan fingerprint density at radius 3 is 2.68 bits per heavy atom. The minimum absolute atomic E-state index is 0.468. The fourth-order valence-corrected chi connectivity index (χ4v) is 2.81. The van der Waals surface area contributed by atoms with E-state index in [1.807, 2.05) is 18.2 Å². The van der Waals surface area contributed by atoms with Gasteiger partial charge in [0.25, 0.3) is 0 Å². The van der Waals surface area contributed by atoms with Gasteiger partial charge in [-0.3, -0.25) is 4.57 Å². The molecule has 2 aromatic rings. The van der Waals surface area contributed by atoms with Crippen molar-refractivity contribution in [1.29, 1.82) is 0 Å². The van der Waals surface area contributed by atoms with Gasteiger partial charge >= 0.3 is 0 Å². The van der Waals surface area contributed by atoms with Gasteiger partial charge < -0.3 is 4.74 Å². The molecule has 4 nitrogen and oxygen atoms in total. The van der Waals surface area contributed by atoms with Crippen molar-refractivity contribution in [3.05, 3.63) is 36.2 Å². The van der Waals surface area contributed by atoms with Crippen LogP contribution in [-0.4, -0.2) is 27.6 Å². The third-order valence-electron chi connectivity index (χ3n) is 2.72. The Labute approximate surface area is 118 Å². The predicted molar refractivity (Wildman–Crippen MR) is 77.7 cm³/mol. The summed E-state index contributed by atoms with van der Waals surface area (Å²) in [5.41, 5.74) is 1.08. The lowest BCUT2D eigenvalue weighted by molar-refractivity contribution is 0.176. The van der Waals surface area contributed by atoms with Crippen molar-refractivity contribution < 1.29 is 4.74 Å². The van der Waals surface area contributed by atoms with Gasteiger partial charge in [-0.1, -0.05) is 43.3 Å². The quantitative estimate of drug-likeness (QED) is 0.575. The van der Waals surface area contributed by atoms with Crippen LogP contribution in [0.2, 0.25) is 0 Å². The third-order valence-corrected chi connectivity index (χ3v) is 3.73. The summed E-state index contributed by atoms with van der Waals surface area (Å²) in [6.07, 6.45) is 2.38. The van der Waals surface area contributed by atoms with Crippen LogP contribution in [0.25, 0.3) is 5.69 Å². The molecule has 0 aliphatic heterocycles. The molecule has 5 heteroatoms. The first-order chi connectivity index (χ1) is 9.36. The molecular formula is C14H19N3OS. The maximum atomic E-state index is 5.20. The summed E-state index contributed by atoms with van der Waals surface area (Å²) in [7, 11) is 1.67. The van der Waals surface area contributed by atoms with E-state index in [0.717, 1.165) is 22.4 Å². The average Bonchev–Trinajstić information content (AvgIpc) is 2.84. The van der Waals surface area contributed by atoms with Crippen LogP contribution in [0.15, 0.2) is 35.5 Å². The van der Waals surface area contributed by atoms with Crippen molar-refractivity contribution >= 4 is 11.8 Å². The SMILES string of the molecule is CCCCSc1nnc(COC)n1-c1ccccc1. The second-order valence-corrected chi connectivity index (χ2v) is 5.27. The Morgan fingerprint density at radius 2 is 2.00 bits per heavy atom. The van der Waals surface area contributed by atoms with Crippen LogP contribution < -0.4 is 0 Å². The molecule has 0 aliphatic rings. The highest BCUT2D eigenvalue weighted by Crippen LogP contribution is 2.23. The lowest BCUT2D eigenvalue weighted by atomic mass is 10.3. The van der Waals surface area contributed by atoms with E-state index in [2.05, 4.69) is 33.8 Å². The molecule has 102 valence electrons. The number of ether oxygens (including phenoxy) is 1. The lowest BCUT2D eigenvalue weighted by Crippen LogP contribution is -2.03. The minimum Gasteiger partial charge on any atom is -0.377 e. The van der Waals surface area contributed by atoms with E-state index < -0.39 is 0 Å². The fourth-order valence-electron chi connectivity index (χ4n) is 1.76. The number of hydrogen-bond donors (Lipinski definition) is 0. The molecule has 0 spiro atoms. The smallest absolute Gasteiger partial charge is 0.195 e. The molecule has 2 rings (SSSR count). The molecule has 1 heterocycles. The van der Waals surface area contributed by atoms with Crippen molar-refractivity contribution in [3.8, 4) is 5.69 Å². The van der Waals surface area contributed by atoms with Gasteiger partial charge in [-0.05, 0) is 18.6 Å². The second-order valence-electron chi connectivity index (χ2n) is 4.20. The Hall–Kier alpha value is -1.33. The molecule has 0 saturated heterocycles. The summed E-state index contributed by atoms with van der Waals surface area (Å²) in [5.74, 6) is 1.90. The topological polar surface area (TPSA) is 39.9 Å². The zero-order valence-corrected chi connectivity index (χ0v) is 12.2. The molecule has 0 aliphatic carbocycles. The molecule has 19 heavy (non-hydrogen) atoms. The second kappa shape index (κ2) is 7.31. The first kappa shape index (κ1) is 14.1. The summed E-state index contributed by atoms with van der Waals surface area (Å²) < 4.78 is 7.27. The van der Waals surface area contributed by atoms with E-state index in [4.69, 9.17) is 4.74 Å². The average molecular weight is 277 g/mol. The number of methoxy groups -OCH3 is 1. The number of thioether (sulfide) groups is 1. The van der Waals surface area contributed by atoms with Gasteiger partial charge in [-0.15, -0.1) is 10.2 Å². The largest absolute Gasteiger partial charge is 0.377 e. The van der Waals surface area contributed by atoms with Crippen molar-refractivity contribution in [3.63, 3.8) is 0 Å². The number of rotatable bonds is 7. The molecule has 0 fully saturated rings. The fraction of sp³-hybridized carbons (Fsp3) is 0.429.